The lowest BCUT2D eigenvalue weighted by atomic mass is 10.1. The van der Waals surface area contributed by atoms with Crippen LogP contribution < -0.4 is 10.6 Å². The minimum absolute atomic E-state index is 0.0294. The zero-order valence-corrected chi connectivity index (χ0v) is 41.6. The number of hydrogen-bond acceptors (Lipinski definition) is 20. The van der Waals surface area contributed by atoms with Gasteiger partial charge in [-0.25, -0.2) is 38.1 Å². The average molecular weight is 1040 g/mol. The van der Waals surface area contributed by atoms with Crippen LogP contribution in [0.2, 0.25) is 0 Å². The van der Waals surface area contributed by atoms with Gasteiger partial charge < -0.3 is 50.7 Å². The van der Waals surface area contributed by atoms with Gasteiger partial charge in [0, 0.05) is 48.3 Å². The number of aryl methyl sites for hydroxylation is 2. The number of benzene rings is 2. The van der Waals surface area contributed by atoms with E-state index in [-0.39, 0.29) is 48.4 Å². The van der Waals surface area contributed by atoms with Crippen LogP contribution in [0.25, 0.3) is 22.3 Å². The Kier molecular flexibility index (Phi) is 14.9. The van der Waals surface area contributed by atoms with Crippen LogP contribution in [0.4, 0.5) is 20.4 Å². The van der Waals surface area contributed by atoms with Crippen LogP contribution >= 0.6 is 23.5 Å². The van der Waals surface area contributed by atoms with Gasteiger partial charge in [-0.15, -0.1) is 10.2 Å². The monoisotopic (exact) mass is 1040 g/mol. The molecule has 24 heteroatoms. The molecule has 10 rings (SSSR count). The molecule has 0 unspecified atom stereocenters. The van der Waals surface area contributed by atoms with E-state index in [4.69, 9.17) is 15.0 Å². The van der Waals surface area contributed by atoms with E-state index in [0.717, 1.165) is 48.3 Å². The van der Waals surface area contributed by atoms with Gasteiger partial charge in [0.25, 0.3) is 0 Å². The van der Waals surface area contributed by atoms with Crippen molar-refractivity contribution >= 4 is 57.5 Å². The number of anilines is 2. The van der Waals surface area contributed by atoms with Crippen LogP contribution in [0.1, 0.15) is 104 Å². The standard InChI is InChI=1S/2C24H31FN6O4S/c2*1-3-8-36-24-27-22(26-16-10-14(16)13-5-4-12(2)15(25)9-13)19-23(28-24)31(30-29-19)17-11-18(35-7-6-32)21(34)20(17)33/h2*4-5,9,14,16-18,20-21,32-34H,3,6-8,10-11H2,1-2H3,(H,26,27,28)/t2*14-,16+,17+,18-,20-,21+/m00/s1/i7D2;6D2. The first-order valence-corrected chi connectivity index (χ1v) is 26.1. The summed E-state index contributed by atoms with van der Waals surface area (Å²) < 4.78 is 71.5. The smallest absolute Gasteiger partial charge is 0.191 e. The molecule has 4 fully saturated rings. The Labute approximate surface area is 428 Å². The SMILES string of the molecule is [2H]C([2H])(CO)O[C@H]1C[C@@H](n2nnc3c(N[C@@H]4C[C@H]4c4ccc(C)c(F)c4)nc(SCCC)nc32)[C@H](O)[C@@H]1O.[2H]C([2H])(O)CO[C@H]1C[C@@H](n2nnc3c(N[C@@H]4C[C@H]4c4ccc(C)c(F)c4)nc(SCCC)nc32)[C@H](O)[C@@H]1O. The maximum Gasteiger partial charge on any atom is 0.191 e. The molecule has 4 saturated carbocycles. The molecule has 20 nitrogen and oxygen atoms in total. The van der Waals surface area contributed by atoms with E-state index in [1.807, 2.05) is 19.1 Å². The Bertz CT molecular complexity index is 3020. The third-order valence-corrected chi connectivity index (χ3v) is 15.5. The van der Waals surface area contributed by atoms with Crippen molar-refractivity contribution in [1.82, 2.24) is 49.9 Å². The fraction of sp³-hybridized carbons (Fsp3) is 0.583. The van der Waals surface area contributed by atoms with Crippen LogP contribution in [0.15, 0.2) is 46.7 Å². The van der Waals surface area contributed by atoms with E-state index in [1.165, 1.54) is 32.9 Å². The topological polar surface area (TPSA) is 277 Å². The lowest BCUT2D eigenvalue weighted by Crippen LogP contribution is -2.33. The highest BCUT2D eigenvalue weighted by Gasteiger charge is 2.47. The number of aromatic nitrogens is 10. The summed E-state index contributed by atoms with van der Waals surface area (Å²) in [4.78, 5) is 18.6. The number of halogens is 2. The van der Waals surface area contributed by atoms with Gasteiger partial charge >= 0.3 is 0 Å². The highest BCUT2D eigenvalue weighted by Crippen LogP contribution is 2.46. The second-order valence-corrected chi connectivity index (χ2v) is 20.7. The first kappa shape index (κ1) is 47.0. The van der Waals surface area contributed by atoms with Crippen LogP contribution in [0.5, 0.6) is 0 Å². The molecule has 4 aromatic heterocycles. The molecule has 4 aliphatic carbocycles. The summed E-state index contributed by atoms with van der Waals surface area (Å²) >= 11 is 2.95. The fourth-order valence-electron chi connectivity index (χ4n) is 9.25. The number of thioether (sulfide) groups is 2. The van der Waals surface area contributed by atoms with E-state index in [1.54, 1.807) is 38.1 Å². The summed E-state index contributed by atoms with van der Waals surface area (Å²) in [6.45, 7) is 1.11. The summed E-state index contributed by atoms with van der Waals surface area (Å²) in [6, 6.07) is 9.11. The molecular formula is C48H62F2N12O8S2. The van der Waals surface area contributed by atoms with Crippen molar-refractivity contribution in [2.75, 3.05) is 48.5 Å². The number of ether oxygens (including phenoxy) is 2. The van der Waals surface area contributed by atoms with Gasteiger partial charge in [-0.05, 0) is 73.9 Å². The molecule has 388 valence electrons. The number of aliphatic hydroxyl groups excluding tert-OH is 5. The predicted octanol–water partition coefficient (Wildman–Crippen LogP) is 4.37. The molecule has 0 amide bonds. The predicted molar refractivity (Wildman–Crippen MR) is 265 cm³/mol. The van der Waals surface area contributed by atoms with Crippen molar-refractivity contribution in [3.63, 3.8) is 0 Å². The van der Waals surface area contributed by atoms with E-state index < -0.39 is 75.0 Å². The summed E-state index contributed by atoms with van der Waals surface area (Å²) in [6.07, 6.45) is -3.66. The van der Waals surface area contributed by atoms with Crippen molar-refractivity contribution in [2.24, 2.45) is 0 Å². The Balaban J connectivity index is 0.000000186. The maximum absolute atomic E-state index is 14.1. The normalized spacial score (nSPS) is 28.8. The van der Waals surface area contributed by atoms with Crippen molar-refractivity contribution < 1.29 is 54.4 Å². The minimum atomic E-state index is -2.56. The van der Waals surface area contributed by atoms with Crippen molar-refractivity contribution in [1.29, 1.82) is 0 Å². The van der Waals surface area contributed by atoms with Gasteiger partial charge in [-0.2, -0.15) is 0 Å². The molecule has 12 atom stereocenters. The first-order valence-electron chi connectivity index (χ1n) is 26.1. The minimum Gasteiger partial charge on any atom is -0.394 e. The van der Waals surface area contributed by atoms with Gasteiger partial charge in [0.05, 0.1) is 56.1 Å². The van der Waals surface area contributed by atoms with Gasteiger partial charge in [0.2, 0.25) is 0 Å². The number of nitrogens with one attached hydrogen (secondary N) is 2. The molecule has 2 aromatic carbocycles. The molecule has 4 heterocycles. The zero-order valence-electron chi connectivity index (χ0n) is 44.0. The molecule has 0 bridgehead atoms. The lowest BCUT2D eigenvalue weighted by Gasteiger charge is -2.17. The van der Waals surface area contributed by atoms with Crippen molar-refractivity contribution in [3.8, 4) is 0 Å². The van der Waals surface area contributed by atoms with E-state index in [2.05, 4.69) is 58.1 Å². The maximum atomic E-state index is 14.1. The molecular weight excluding hydrogens is 975 g/mol. The largest absolute Gasteiger partial charge is 0.394 e. The summed E-state index contributed by atoms with van der Waals surface area (Å²) in [7, 11) is 0. The molecule has 0 radical (unpaired) electrons. The molecule has 6 aromatic rings. The fourth-order valence-corrected chi connectivity index (χ4v) is 10.6. The summed E-state index contributed by atoms with van der Waals surface area (Å²) in [5, 5.41) is 85.9. The van der Waals surface area contributed by atoms with Crippen molar-refractivity contribution in [3.05, 3.63) is 70.3 Å². The number of aliphatic hydroxyl groups is 6. The quantitative estimate of drug-likeness (QED) is 0.0389. The van der Waals surface area contributed by atoms with E-state index in [0.29, 0.717) is 55.4 Å². The van der Waals surface area contributed by atoms with Gasteiger partial charge in [-0.1, -0.05) is 72.1 Å². The summed E-state index contributed by atoms with van der Waals surface area (Å²) in [5.74, 6) is 2.37. The molecule has 0 spiro atoms. The van der Waals surface area contributed by atoms with Crippen LogP contribution in [0.3, 0.4) is 0 Å². The molecule has 0 saturated heterocycles. The van der Waals surface area contributed by atoms with Crippen LogP contribution in [-0.2, 0) is 9.47 Å². The number of hydrogen-bond donors (Lipinski definition) is 8. The Morgan fingerprint density at radius 1 is 0.667 bits per heavy atom. The lowest BCUT2D eigenvalue weighted by molar-refractivity contribution is -0.0629. The Morgan fingerprint density at radius 3 is 1.54 bits per heavy atom. The van der Waals surface area contributed by atoms with Gasteiger partial charge in [0.15, 0.2) is 44.3 Å². The Hall–Kier alpha value is -4.76. The Morgan fingerprint density at radius 2 is 1.12 bits per heavy atom. The third kappa shape index (κ3) is 11.2. The number of nitrogens with zero attached hydrogens (tertiary/aromatic N) is 10. The zero-order chi connectivity index (χ0) is 54.4. The average Bonchev–Trinajstić information content (AvgIpc) is 4.16. The molecule has 72 heavy (non-hydrogen) atoms. The molecule has 4 aliphatic rings. The second-order valence-electron chi connectivity index (χ2n) is 18.6. The van der Waals surface area contributed by atoms with E-state index >= 15 is 0 Å². The summed E-state index contributed by atoms with van der Waals surface area (Å²) in [5.41, 5.74) is 4.58. The van der Waals surface area contributed by atoms with Crippen LogP contribution in [-0.4, -0.2) is 167 Å². The van der Waals surface area contributed by atoms with Crippen molar-refractivity contribution in [2.45, 2.75) is 149 Å². The highest BCUT2D eigenvalue weighted by molar-refractivity contribution is 7.99. The van der Waals surface area contributed by atoms with Gasteiger partial charge in [-0.3, -0.25) is 0 Å². The van der Waals surface area contributed by atoms with Crippen LogP contribution in [0, 0.1) is 25.5 Å². The van der Waals surface area contributed by atoms with Gasteiger partial charge in [0.1, 0.15) is 36.1 Å². The third-order valence-electron chi connectivity index (χ3n) is 13.4. The molecule has 8 N–H and O–H groups in total. The number of fused-ring (bicyclic) bond motifs is 2. The second kappa shape index (κ2) is 22.8. The van der Waals surface area contributed by atoms with E-state index in [9.17, 15) is 39.4 Å². The number of rotatable bonds is 20. The first-order chi connectivity index (χ1) is 36.2. The molecule has 0 aliphatic heterocycles. The highest BCUT2D eigenvalue weighted by atomic mass is 32.2.